The summed E-state index contributed by atoms with van der Waals surface area (Å²) in [6.45, 7) is 16.2. The van der Waals surface area contributed by atoms with Gasteiger partial charge in [-0.2, -0.15) is 0 Å². The number of carbonyl (C=O) groups is 1. The Hall–Kier alpha value is -2.29. The Morgan fingerprint density at radius 2 is 1.48 bits per heavy atom. The van der Waals surface area contributed by atoms with Crippen LogP contribution in [-0.2, 0) is 11.2 Å². The van der Waals surface area contributed by atoms with Gasteiger partial charge in [0, 0.05) is 5.56 Å². The van der Waals surface area contributed by atoms with Crippen molar-refractivity contribution in [2.75, 3.05) is 0 Å². The van der Waals surface area contributed by atoms with Crippen molar-refractivity contribution in [2.24, 2.45) is 0 Å². The zero-order valence-corrected chi connectivity index (χ0v) is 22.2. The molecule has 0 radical (unpaired) electrons. The topological polar surface area (TPSA) is 46.5 Å². The molecule has 1 aromatic carbocycles. The number of ether oxygens (including phenoxy) is 1. The zero-order chi connectivity index (χ0) is 24.8. The minimum Gasteiger partial charge on any atom is -0.507 e. The molecule has 2 rings (SSSR count). The van der Waals surface area contributed by atoms with Crippen molar-refractivity contribution in [3.8, 4) is 11.5 Å². The minimum atomic E-state index is -0.160. The number of hydrogen-bond donors (Lipinski definition) is 1. The molecule has 0 spiro atoms. The highest BCUT2D eigenvalue weighted by Gasteiger charge is 2.33. The number of Topliss-reactive ketones (excluding diaryl/α,β-unsaturated/α-hetero) is 1. The number of aromatic hydroxyl groups is 1. The predicted octanol–water partition coefficient (Wildman–Crippen LogP) is 8.17. The molecular weight excluding hydrogens is 408 g/mol. The van der Waals surface area contributed by atoms with Gasteiger partial charge in [0.1, 0.15) is 17.1 Å². The van der Waals surface area contributed by atoms with Crippen LogP contribution in [0, 0.1) is 20.8 Å². The SMILES string of the molecule is CC(=O)/C(C)=C/CC/C(C)=C/CC/C(C)=C/CC[C@]1(C)CCc2c(C)c(O)c(C)c(C)c2O1. The molecule has 0 saturated carbocycles. The number of carbonyl (C=O) groups excluding carboxylic acids is 1. The summed E-state index contributed by atoms with van der Waals surface area (Å²) in [5, 5.41) is 10.4. The molecule has 1 aromatic rings. The number of rotatable bonds is 10. The van der Waals surface area contributed by atoms with Crippen LogP contribution >= 0.6 is 0 Å². The van der Waals surface area contributed by atoms with E-state index in [0.717, 1.165) is 79.4 Å². The maximum atomic E-state index is 11.3. The molecular formula is C30H44O3. The lowest BCUT2D eigenvalue weighted by molar-refractivity contribution is -0.113. The third-order valence-corrected chi connectivity index (χ3v) is 7.33. The Morgan fingerprint density at radius 1 is 0.909 bits per heavy atom. The van der Waals surface area contributed by atoms with Crippen LogP contribution in [0.5, 0.6) is 11.5 Å². The van der Waals surface area contributed by atoms with Crippen molar-refractivity contribution < 1.29 is 14.6 Å². The maximum absolute atomic E-state index is 11.3. The summed E-state index contributed by atoms with van der Waals surface area (Å²) in [6.07, 6.45) is 14.8. The quantitative estimate of drug-likeness (QED) is 0.288. The predicted molar refractivity (Wildman–Crippen MR) is 139 cm³/mol. The molecule has 0 aliphatic carbocycles. The Morgan fingerprint density at radius 3 is 2.09 bits per heavy atom. The smallest absolute Gasteiger partial charge is 0.155 e. The molecule has 1 atom stereocenters. The zero-order valence-electron chi connectivity index (χ0n) is 22.2. The van der Waals surface area contributed by atoms with Gasteiger partial charge < -0.3 is 9.84 Å². The molecule has 1 heterocycles. The lowest BCUT2D eigenvalue weighted by Crippen LogP contribution is -2.37. The summed E-state index contributed by atoms with van der Waals surface area (Å²) in [4.78, 5) is 11.3. The van der Waals surface area contributed by atoms with Crippen LogP contribution in [0.2, 0.25) is 0 Å². The van der Waals surface area contributed by atoms with Gasteiger partial charge >= 0.3 is 0 Å². The molecule has 33 heavy (non-hydrogen) atoms. The second-order valence-electron chi connectivity index (χ2n) is 10.2. The van der Waals surface area contributed by atoms with Crippen molar-refractivity contribution in [3.63, 3.8) is 0 Å². The third-order valence-electron chi connectivity index (χ3n) is 7.33. The average Bonchev–Trinajstić information content (AvgIpc) is 2.76. The molecule has 0 aromatic heterocycles. The summed E-state index contributed by atoms with van der Waals surface area (Å²) >= 11 is 0. The van der Waals surface area contributed by atoms with Crippen LogP contribution in [0.4, 0.5) is 0 Å². The second-order valence-corrected chi connectivity index (χ2v) is 10.2. The van der Waals surface area contributed by atoms with E-state index in [9.17, 15) is 9.90 Å². The first kappa shape index (κ1) is 27.0. The summed E-state index contributed by atoms with van der Waals surface area (Å²) in [5.74, 6) is 1.57. The standard InChI is InChI=1S/C30H44O3/c1-20(14-10-16-22(3)26(7)31)12-9-13-21(2)15-11-18-30(8)19-17-27-25(6)28(32)23(4)24(5)29(27)33-30/h12,15-16,32H,9-11,13-14,17-19H2,1-8H3/b20-12+,21-15+,22-16+/t30-/m1/s1. The van der Waals surface area contributed by atoms with Crippen LogP contribution < -0.4 is 4.74 Å². The maximum Gasteiger partial charge on any atom is 0.155 e. The lowest BCUT2D eigenvalue weighted by atomic mass is 9.85. The minimum absolute atomic E-state index is 0.160. The van der Waals surface area contributed by atoms with Gasteiger partial charge in [-0.25, -0.2) is 0 Å². The van der Waals surface area contributed by atoms with E-state index in [2.05, 4.69) is 39.8 Å². The highest BCUT2D eigenvalue weighted by atomic mass is 16.5. The fraction of sp³-hybridized carbons (Fsp3) is 0.567. The molecule has 0 bridgehead atoms. The van der Waals surface area contributed by atoms with Gasteiger partial charge in [-0.1, -0.05) is 29.4 Å². The number of ketones is 1. The fourth-order valence-electron chi connectivity index (χ4n) is 4.51. The number of phenols is 1. The van der Waals surface area contributed by atoms with E-state index in [1.807, 2.05) is 26.8 Å². The van der Waals surface area contributed by atoms with Crippen molar-refractivity contribution in [1.29, 1.82) is 0 Å². The highest BCUT2D eigenvalue weighted by Crippen LogP contribution is 2.44. The number of fused-ring (bicyclic) bond motifs is 1. The number of phenolic OH excluding ortho intramolecular Hbond substituents is 1. The molecule has 182 valence electrons. The Bertz CT molecular complexity index is 961. The first-order chi connectivity index (χ1) is 15.4. The van der Waals surface area contributed by atoms with Gasteiger partial charge in [0.25, 0.3) is 0 Å². The van der Waals surface area contributed by atoms with E-state index in [1.54, 1.807) is 6.92 Å². The molecule has 1 aliphatic rings. The van der Waals surface area contributed by atoms with Gasteiger partial charge in [0.15, 0.2) is 5.78 Å². The average molecular weight is 453 g/mol. The summed E-state index contributed by atoms with van der Waals surface area (Å²) in [5.41, 5.74) is 7.67. The van der Waals surface area contributed by atoms with Gasteiger partial charge in [0.05, 0.1) is 0 Å². The lowest BCUT2D eigenvalue weighted by Gasteiger charge is -2.38. The molecule has 0 saturated heterocycles. The molecule has 3 nitrogen and oxygen atoms in total. The summed E-state index contributed by atoms with van der Waals surface area (Å²) in [6, 6.07) is 0. The Kier molecular flexibility index (Phi) is 9.57. The number of allylic oxidation sites excluding steroid dienone is 6. The van der Waals surface area contributed by atoms with E-state index in [-0.39, 0.29) is 11.4 Å². The van der Waals surface area contributed by atoms with Crippen molar-refractivity contribution in [2.45, 2.75) is 112 Å². The molecule has 1 aliphatic heterocycles. The van der Waals surface area contributed by atoms with Gasteiger partial charge in [-0.05, 0) is 129 Å². The molecule has 3 heteroatoms. The van der Waals surface area contributed by atoms with Crippen LogP contribution in [-0.4, -0.2) is 16.5 Å². The van der Waals surface area contributed by atoms with E-state index in [0.29, 0.717) is 5.75 Å². The number of benzene rings is 1. The van der Waals surface area contributed by atoms with Crippen molar-refractivity contribution >= 4 is 5.78 Å². The monoisotopic (exact) mass is 452 g/mol. The first-order valence-electron chi connectivity index (χ1n) is 12.4. The normalized spacial score (nSPS) is 19.3. The van der Waals surface area contributed by atoms with Crippen LogP contribution in [0.15, 0.2) is 34.9 Å². The van der Waals surface area contributed by atoms with E-state index < -0.39 is 0 Å². The summed E-state index contributed by atoms with van der Waals surface area (Å²) in [7, 11) is 0. The first-order valence-corrected chi connectivity index (χ1v) is 12.4. The van der Waals surface area contributed by atoms with E-state index >= 15 is 0 Å². The van der Waals surface area contributed by atoms with Gasteiger partial charge in [-0.3, -0.25) is 4.79 Å². The van der Waals surface area contributed by atoms with Crippen LogP contribution in [0.25, 0.3) is 0 Å². The number of hydrogen-bond acceptors (Lipinski definition) is 3. The van der Waals surface area contributed by atoms with Gasteiger partial charge in [-0.15, -0.1) is 0 Å². The molecule has 0 unspecified atom stereocenters. The highest BCUT2D eigenvalue weighted by molar-refractivity contribution is 5.92. The third kappa shape index (κ3) is 7.35. The van der Waals surface area contributed by atoms with E-state index in [4.69, 9.17) is 4.74 Å². The second kappa shape index (κ2) is 11.7. The van der Waals surface area contributed by atoms with Crippen LogP contribution in [0.3, 0.4) is 0 Å². The van der Waals surface area contributed by atoms with Gasteiger partial charge in [0.2, 0.25) is 0 Å². The summed E-state index contributed by atoms with van der Waals surface area (Å²) < 4.78 is 6.55. The molecule has 0 fully saturated rings. The van der Waals surface area contributed by atoms with E-state index in [1.165, 1.54) is 16.7 Å². The fourth-order valence-corrected chi connectivity index (χ4v) is 4.51. The van der Waals surface area contributed by atoms with Crippen molar-refractivity contribution in [3.05, 3.63) is 57.2 Å². The Balaban J connectivity index is 1.85. The molecule has 0 amide bonds. The van der Waals surface area contributed by atoms with Crippen LogP contribution in [0.1, 0.15) is 102 Å². The largest absolute Gasteiger partial charge is 0.507 e. The Labute approximate surface area is 201 Å². The van der Waals surface area contributed by atoms with Crippen molar-refractivity contribution in [1.82, 2.24) is 0 Å². The molecule has 1 N–H and O–H groups in total.